The number of hydrogen-bond acceptors (Lipinski definition) is 1. The predicted molar refractivity (Wildman–Crippen MR) is 62.4 cm³/mol. The van der Waals surface area contributed by atoms with E-state index < -0.39 is 0 Å². The third kappa shape index (κ3) is 5.69. The molecule has 0 aliphatic carbocycles. The van der Waals surface area contributed by atoms with Crippen molar-refractivity contribution in [2.75, 3.05) is 12.4 Å². The van der Waals surface area contributed by atoms with E-state index in [1.54, 1.807) is 7.11 Å². The number of hydrogen-bond donors (Lipinski definition) is 0. The van der Waals surface area contributed by atoms with Crippen molar-refractivity contribution in [2.45, 2.75) is 46.1 Å². The number of rotatable bonds is 6. The molecule has 80 valence electrons. The van der Waals surface area contributed by atoms with Crippen molar-refractivity contribution in [1.29, 1.82) is 0 Å². The van der Waals surface area contributed by atoms with Gasteiger partial charge < -0.3 is 4.74 Å². The summed E-state index contributed by atoms with van der Waals surface area (Å²) in [7, 11) is 1.79. The van der Waals surface area contributed by atoms with Gasteiger partial charge in [-0.25, -0.2) is 0 Å². The van der Waals surface area contributed by atoms with Crippen LogP contribution in [0.5, 0.6) is 0 Å². The van der Waals surface area contributed by atoms with Crippen molar-refractivity contribution in [3.05, 3.63) is 0 Å². The van der Waals surface area contributed by atoms with Gasteiger partial charge in [0, 0.05) is 12.4 Å². The summed E-state index contributed by atoms with van der Waals surface area (Å²) in [6.45, 7) is 8.87. The fraction of sp³-hybridized carbons (Fsp3) is 1.00. The molecule has 0 aliphatic rings. The van der Waals surface area contributed by atoms with E-state index in [0.29, 0.717) is 0 Å². The predicted octanol–water partition coefficient (Wildman–Crippen LogP) is 3.86. The van der Waals surface area contributed by atoms with Gasteiger partial charge in [0.15, 0.2) is 0 Å². The van der Waals surface area contributed by atoms with Gasteiger partial charge in [0.25, 0.3) is 0 Å². The van der Waals surface area contributed by atoms with Crippen LogP contribution in [-0.4, -0.2) is 18.0 Å². The van der Waals surface area contributed by atoms with Gasteiger partial charge in [0.05, 0.1) is 5.60 Å². The number of halogens is 1. The first kappa shape index (κ1) is 13.4. The van der Waals surface area contributed by atoms with Crippen molar-refractivity contribution in [2.24, 2.45) is 11.8 Å². The van der Waals surface area contributed by atoms with Crippen LogP contribution in [0.15, 0.2) is 0 Å². The van der Waals surface area contributed by atoms with E-state index in [1.807, 2.05) is 0 Å². The zero-order valence-electron chi connectivity index (χ0n) is 9.56. The summed E-state index contributed by atoms with van der Waals surface area (Å²) in [5.74, 6) is 1.53. The van der Waals surface area contributed by atoms with Gasteiger partial charge in [0.2, 0.25) is 0 Å². The Morgan fingerprint density at radius 1 is 1.31 bits per heavy atom. The van der Waals surface area contributed by atoms with Crippen LogP contribution in [0.4, 0.5) is 0 Å². The summed E-state index contributed by atoms with van der Waals surface area (Å²) < 4.78 is 5.40. The van der Waals surface area contributed by atoms with Gasteiger partial charge in [-0.3, -0.25) is 0 Å². The van der Waals surface area contributed by atoms with Crippen LogP contribution < -0.4 is 0 Å². The molecule has 0 N–H and O–H groups in total. The Hall–Kier alpha value is 0.440. The summed E-state index contributed by atoms with van der Waals surface area (Å²) >= 11 is 3.57. The number of methoxy groups -OCH3 is 1. The first-order chi connectivity index (χ1) is 5.93. The van der Waals surface area contributed by atoms with E-state index in [-0.39, 0.29) is 5.60 Å². The van der Waals surface area contributed by atoms with Crippen LogP contribution in [0.3, 0.4) is 0 Å². The molecule has 0 aliphatic heterocycles. The second-order valence-corrected chi connectivity index (χ2v) is 5.31. The standard InChI is InChI=1S/C11H23BrO/c1-9(2)10(8-12)6-7-11(3,4)13-5/h9-10H,6-8H2,1-5H3. The molecule has 0 fully saturated rings. The van der Waals surface area contributed by atoms with Crippen LogP contribution in [0.1, 0.15) is 40.5 Å². The second-order valence-electron chi connectivity index (χ2n) is 4.66. The van der Waals surface area contributed by atoms with Crippen molar-refractivity contribution in [3.63, 3.8) is 0 Å². The zero-order chi connectivity index (χ0) is 10.5. The first-order valence-electron chi connectivity index (χ1n) is 5.04. The van der Waals surface area contributed by atoms with Crippen molar-refractivity contribution in [3.8, 4) is 0 Å². The van der Waals surface area contributed by atoms with Crippen molar-refractivity contribution >= 4 is 15.9 Å². The molecule has 0 aromatic rings. The Bertz CT molecular complexity index is 132. The third-order valence-electron chi connectivity index (χ3n) is 2.81. The minimum Gasteiger partial charge on any atom is -0.379 e. The Labute approximate surface area is 91.4 Å². The molecule has 0 rings (SSSR count). The van der Waals surface area contributed by atoms with E-state index in [1.165, 1.54) is 6.42 Å². The maximum atomic E-state index is 5.40. The Kier molecular flexibility index (Phi) is 6.23. The molecule has 2 heteroatoms. The maximum absolute atomic E-state index is 5.40. The molecular weight excluding hydrogens is 228 g/mol. The van der Waals surface area contributed by atoms with Gasteiger partial charge in [-0.1, -0.05) is 29.8 Å². The molecule has 1 nitrogen and oxygen atoms in total. The Morgan fingerprint density at radius 2 is 1.85 bits per heavy atom. The molecule has 1 unspecified atom stereocenters. The molecule has 0 spiro atoms. The molecule has 13 heavy (non-hydrogen) atoms. The molecular formula is C11H23BrO. The van der Waals surface area contributed by atoms with Gasteiger partial charge >= 0.3 is 0 Å². The minimum absolute atomic E-state index is 0.0370. The van der Waals surface area contributed by atoms with E-state index in [4.69, 9.17) is 4.74 Å². The smallest absolute Gasteiger partial charge is 0.0622 e. The third-order valence-corrected chi connectivity index (χ3v) is 3.64. The van der Waals surface area contributed by atoms with E-state index >= 15 is 0 Å². The van der Waals surface area contributed by atoms with Crippen LogP contribution in [0.25, 0.3) is 0 Å². The molecule has 0 heterocycles. The summed E-state index contributed by atoms with van der Waals surface area (Å²) in [4.78, 5) is 0. The fourth-order valence-corrected chi connectivity index (χ4v) is 2.30. The van der Waals surface area contributed by atoms with Crippen LogP contribution >= 0.6 is 15.9 Å². The number of ether oxygens (including phenoxy) is 1. The van der Waals surface area contributed by atoms with E-state index in [0.717, 1.165) is 23.6 Å². The molecule has 0 bridgehead atoms. The summed E-state index contributed by atoms with van der Waals surface area (Å²) in [6, 6.07) is 0. The van der Waals surface area contributed by atoms with E-state index in [9.17, 15) is 0 Å². The van der Waals surface area contributed by atoms with Gasteiger partial charge in [-0.15, -0.1) is 0 Å². The largest absolute Gasteiger partial charge is 0.379 e. The fourth-order valence-electron chi connectivity index (χ4n) is 1.22. The van der Waals surface area contributed by atoms with Crippen LogP contribution in [-0.2, 0) is 4.74 Å². The summed E-state index contributed by atoms with van der Waals surface area (Å²) in [5, 5.41) is 1.10. The van der Waals surface area contributed by atoms with Crippen LogP contribution in [0, 0.1) is 11.8 Å². The Balaban J connectivity index is 3.85. The first-order valence-corrected chi connectivity index (χ1v) is 6.16. The molecule has 0 saturated heterocycles. The van der Waals surface area contributed by atoms with Crippen LogP contribution in [0.2, 0.25) is 0 Å². The molecule has 0 radical (unpaired) electrons. The molecule has 0 aromatic heterocycles. The Morgan fingerprint density at radius 3 is 2.15 bits per heavy atom. The molecule has 1 atom stereocenters. The highest BCUT2D eigenvalue weighted by Gasteiger charge is 2.20. The average molecular weight is 251 g/mol. The highest BCUT2D eigenvalue weighted by Crippen LogP contribution is 2.25. The van der Waals surface area contributed by atoms with Crippen molar-refractivity contribution < 1.29 is 4.74 Å². The van der Waals surface area contributed by atoms with Gasteiger partial charge in [-0.2, -0.15) is 0 Å². The summed E-state index contributed by atoms with van der Waals surface area (Å²) in [5.41, 5.74) is 0.0370. The lowest BCUT2D eigenvalue weighted by atomic mass is 9.89. The quantitative estimate of drug-likeness (QED) is 0.651. The molecule has 0 aromatic carbocycles. The van der Waals surface area contributed by atoms with Gasteiger partial charge in [0.1, 0.15) is 0 Å². The van der Waals surface area contributed by atoms with E-state index in [2.05, 4.69) is 43.6 Å². The molecule has 0 saturated carbocycles. The highest BCUT2D eigenvalue weighted by atomic mass is 79.9. The topological polar surface area (TPSA) is 9.23 Å². The second kappa shape index (κ2) is 6.02. The molecule has 0 amide bonds. The monoisotopic (exact) mass is 250 g/mol. The lowest BCUT2D eigenvalue weighted by Gasteiger charge is -2.26. The average Bonchev–Trinajstić information content (AvgIpc) is 2.05. The lowest BCUT2D eigenvalue weighted by molar-refractivity contribution is 0.00971. The maximum Gasteiger partial charge on any atom is 0.0622 e. The lowest BCUT2D eigenvalue weighted by Crippen LogP contribution is -2.24. The number of alkyl halides is 1. The SMILES string of the molecule is COC(C)(C)CCC(CBr)C(C)C. The van der Waals surface area contributed by atoms with Gasteiger partial charge in [-0.05, 0) is 38.5 Å². The van der Waals surface area contributed by atoms with Crippen molar-refractivity contribution in [1.82, 2.24) is 0 Å². The summed E-state index contributed by atoms with van der Waals surface area (Å²) in [6.07, 6.45) is 2.38. The minimum atomic E-state index is 0.0370. The zero-order valence-corrected chi connectivity index (χ0v) is 11.1. The normalized spacial score (nSPS) is 15.0. The highest BCUT2D eigenvalue weighted by molar-refractivity contribution is 9.09.